The molecule has 1 aromatic heterocycles. The maximum absolute atomic E-state index is 13.1. The van der Waals surface area contributed by atoms with E-state index >= 15 is 0 Å². The van der Waals surface area contributed by atoms with Gasteiger partial charge in [-0.05, 0) is 55.7 Å². The van der Waals surface area contributed by atoms with Crippen LogP contribution in [0.3, 0.4) is 0 Å². The number of thiophene rings is 1. The van der Waals surface area contributed by atoms with Crippen molar-refractivity contribution in [3.05, 3.63) is 93.3 Å². The smallest absolute Gasteiger partial charge is 0.339 e. The third-order valence-corrected chi connectivity index (χ3v) is 5.91. The van der Waals surface area contributed by atoms with Gasteiger partial charge in [-0.1, -0.05) is 59.6 Å². The number of anilines is 1. The van der Waals surface area contributed by atoms with Crippen LogP contribution in [-0.4, -0.2) is 17.0 Å². The van der Waals surface area contributed by atoms with E-state index in [2.05, 4.69) is 5.32 Å². The molecule has 0 unspecified atom stereocenters. The number of carboxylic acids is 1. The molecule has 3 aromatic rings. The fourth-order valence-electron chi connectivity index (χ4n) is 3.11. The van der Waals surface area contributed by atoms with Crippen LogP contribution >= 0.6 is 22.9 Å². The van der Waals surface area contributed by atoms with Gasteiger partial charge in [-0.25, -0.2) is 4.79 Å². The molecule has 1 heterocycles. The van der Waals surface area contributed by atoms with E-state index in [1.807, 2.05) is 57.2 Å². The molecule has 0 aliphatic rings. The van der Waals surface area contributed by atoms with Gasteiger partial charge in [-0.2, -0.15) is 0 Å². The maximum atomic E-state index is 13.1. The highest BCUT2D eigenvalue weighted by Gasteiger charge is 2.22. The molecule has 31 heavy (non-hydrogen) atoms. The van der Waals surface area contributed by atoms with Crippen molar-refractivity contribution in [1.29, 1.82) is 0 Å². The Morgan fingerprint density at radius 1 is 1.00 bits per heavy atom. The summed E-state index contributed by atoms with van der Waals surface area (Å²) in [6, 6.07) is 16.7. The predicted molar refractivity (Wildman–Crippen MR) is 129 cm³/mol. The lowest BCUT2D eigenvalue weighted by Gasteiger charge is -2.10. The zero-order valence-corrected chi connectivity index (χ0v) is 19.0. The predicted octanol–water partition coefficient (Wildman–Crippen LogP) is 7.15. The lowest BCUT2D eigenvalue weighted by atomic mass is 10.0. The summed E-state index contributed by atoms with van der Waals surface area (Å²) in [5.41, 5.74) is 4.62. The van der Waals surface area contributed by atoms with Crippen LogP contribution in [0.4, 0.5) is 5.00 Å². The largest absolute Gasteiger partial charge is 0.478 e. The molecule has 1 amide bonds. The first-order valence-corrected chi connectivity index (χ1v) is 10.9. The summed E-state index contributed by atoms with van der Waals surface area (Å²) in [4.78, 5) is 25.1. The fraction of sp³-hybridized carbons (Fsp3) is 0.120. The van der Waals surface area contributed by atoms with Crippen molar-refractivity contribution in [3.63, 3.8) is 0 Å². The van der Waals surface area contributed by atoms with Crippen molar-refractivity contribution in [1.82, 2.24) is 0 Å². The Labute approximate surface area is 190 Å². The molecule has 0 atom stereocenters. The number of halogens is 1. The number of nitrogens with one attached hydrogen (secondary N) is 1. The van der Waals surface area contributed by atoms with Gasteiger partial charge in [0.1, 0.15) is 10.6 Å². The van der Waals surface area contributed by atoms with Gasteiger partial charge in [-0.15, -0.1) is 11.3 Å². The van der Waals surface area contributed by atoms with Gasteiger partial charge >= 0.3 is 5.97 Å². The first-order chi connectivity index (χ1) is 14.8. The summed E-state index contributed by atoms with van der Waals surface area (Å²) in [7, 11) is 0. The number of hydrogen-bond donors (Lipinski definition) is 2. The van der Waals surface area contributed by atoms with E-state index in [0.29, 0.717) is 21.2 Å². The van der Waals surface area contributed by atoms with Crippen LogP contribution in [0.25, 0.3) is 16.7 Å². The highest BCUT2D eigenvalue weighted by molar-refractivity contribution is 7.15. The molecule has 0 spiro atoms. The highest BCUT2D eigenvalue weighted by atomic mass is 35.5. The fourth-order valence-corrected chi connectivity index (χ4v) is 4.19. The molecule has 4 nitrogen and oxygen atoms in total. The summed E-state index contributed by atoms with van der Waals surface area (Å²) >= 11 is 7.13. The second-order valence-electron chi connectivity index (χ2n) is 7.23. The lowest BCUT2D eigenvalue weighted by molar-refractivity contribution is -0.112. The van der Waals surface area contributed by atoms with Crippen LogP contribution in [0.5, 0.6) is 0 Å². The lowest BCUT2D eigenvalue weighted by Crippen LogP contribution is -2.16. The molecule has 0 saturated heterocycles. The van der Waals surface area contributed by atoms with Crippen molar-refractivity contribution in [2.24, 2.45) is 0 Å². The topological polar surface area (TPSA) is 66.4 Å². The standard InChI is InChI=1S/C25H22ClNO3S/c1-15(2)20(13-16(3)17-7-5-4-6-8-17)23(28)27-24-22(25(29)30)21(14-31-24)18-9-11-19(26)12-10-18/h4-14H,1-3H3,(H,27,28)(H,29,30)/b16-13+. The monoisotopic (exact) mass is 451 g/mol. The summed E-state index contributed by atoms with van der Waals surface area (Å²) in [6.45, 7) is 5.66. The minimum atomic E-state index is -1.10. The average Bonchev–Trinajstić information content (AvgIpc) is 3.16. The third-order valence-electron chi connectivity index (χ3n) is 4.76. The first-order valence-electron chi connectivity index (χ1n) is 9.61. The molecular formula is C25H22ClNO3S. The number of rotatable bonds is 6. The molecule has 2 aromatic carbocycles. The van der Waals surface area contributed by atoms with E-state index in [0.717, 1.165) is 22.3 Å². The van der Waals surface area contributed by atoms with Crippen molar-refractivity contribution in [2.75, 3.05) is 5.32 Å². The molecule has 0 bridgehead atoms. The molecule has 0 saturated carbocycles. The van der Waals surface area contributed by atoms with Crippen LogP contribution in [0, 0.1) is 0 Å². The van der Waals surface area contributed by atoms with E-state index in [9.17, 15) is 14.7 Å². The first kappa shape index (κ1) is 22.5. The Hall–Kier alpha value is -3.15. The minimum Gasteiger partial charge on any atom is -0.478 e. The Kier molecular flexibility index (Phi) is 7.10. The Morgan fingerprint density at radius 2 is 1.65 bits per heavy atom. The van der Waals surface area contributed by atoms with Crippen molar-refractivity contribution in [2.45, 2.75) is 20.8 Å². The zero-order valence-electron chi connectivity index (χ0n) is 17.4. The number of amides is 1. The third kappa shape index (κ3) is 5.32. The molecule has 3 rings (SSSR count). The van der Waals surface area contributed by atoms with E-state index in [4.69, 9.17) is 11.6 Å². The molecule has 0 aliphatic carbocycles. The highest BCUT2D eigenvalue weighted by Crippen LogP contribution is 2.36. The normalized spacial score (nSPS) is 11.2. The number of carbonyl (C=O) groups is 2. The van der Waals surface area contributed by atoms with Crippen LogP contribution in [0.15, 0.2) is 77.2 Å². The van der Waals surface area contributed by atoms with Crippen molar-refractivity contribution >= 4 is 45.4 Å². The number of aromatic carboxylic acids is 1. The zero-order chi connectivity index (χ0) is 22.5. The van der Waals surface area contributed by atoms with Gasteiger partial charge in [0, 0.05) is 21.5 Å². The van der Waals surface area contributed by atoms with Crippen LogP contribution in [0.2, 0.25) is 5.02 Å². The van der Waals surface area contributed by atoms with Crippen LogP contribution in [0.1, 0.15) is 36.7 Å². The molecule has 0 aliphatic heterocycles. The minimum absolute atomic E-state index is 0.0672. The SMILES string of the molecule is CC(C)=C(/C=C(\C)c1ccccc1)C(=O)Nc1scc(-c2ccc(Cl)cc2)c1C(=O)O. The van der Waals surface area contributed by atoms with Crippen molar-refractivity contribution < 1.29 is 14.7 Å². The number of allylic oxidation sites excluding steroid dienone is 2. The average molecular weight is 452 g/mol. The second kappa shape index (κ2) is 9.77. The van der Waals surface area contributed by atoms with Gasteiger partial charge in [0.2, 0.25) is 0 Å². The number of hydrogen-bond acceptors (Lipinski definition) is 3. The number of carbonyl (C=O) groups excluding carboxylic acids is 1. The van der Waals surface area contributed by atoms with Gasteiger partial charge < -0.3 is 10.4 Å². The van der Waals surface area contributed by atoms with Gasteiger partial charge in [0.05, 0.1) is 0 Å². The van der Waals surface area contributed by atoms with E-state index in [1.165, 1.54) is 11.3 Å². The summed E-state index contributed by atoms with van der Waals surface area (Å²) in [6.07, 6.45) is 1.83. The Bertz CT molecular complexity index is 1170. The van der Waals surface area contributed by atoms with Crippen LogP contribution in [-0.2, 0) is 4.79 Å². The second-order valence-corrected chi connectivity index (χ2v) is 8.54. The Balaban J connectivity index is 1.94. The van der Waals surface area contributed by atoms with Gasteiger partial charge in [0.25, 0.3) is 5.91 Å². The van der Waals surface area contributed by atoms with Crippen molar-refractivity contribution in [3.8, 4) is 11.1 Å². The van der Waals surface area contributed by atoms with Gasteiger partial charge in [0.15, 0.2) is 0 Å². The van der Waals surface area contributed by atoms with Crippen LogP contribution < -0.4 is 5.32 Å². The molecule has 0 fully saturated rings. The summed E-state index contributed by atoms with van der Waals surface area (Å²) in [5, 5.41) is 15.2. The summed E-state index contributed by atoms with van der Waals surface area (Å²) < 4.78 is 0. The number of benzene rings is 2. The van der Waals surface area contributed by atoms with E-state index in [1.54, 1.807) is 29.6 Å². The number of carboxylic acid groups (broad SMARTS) is 1. The molecule has 2 N–H and O–H groups in total. The maximum Gasteiger partial charge on any atom is 0.339 e. The van der Waals surface area contributed by atoms with E-state index < -0.39 is 5.97 Å². The summed E-state index contributed by atoms with van der Waals surface area (Å²) in [5.74, 6) is -1.45. The quantitative estimate of drug-likeness (QED) is 0.309. The van der Waals surface area contributed by atoms with Gasteiger partial charge in [-0.3, -0.25) is 4.79 Å². The molecule has 158 valence electrons. The molecule has 6 heteroatoms. The molecular weight excluding hydrogens is 430 g/mol. The molecule has 0 radical (unpaired) electrons. The Morgan fingerprint density at radius 3 is 2.23 bits per heavy atom. The van der Waals surface area contributed by atoms with E-state index in [-0.39, 0.29) is 11.5 Å².